The van der Waals surface area contributed by atoms with Crippen LogP contribution >= 0.6 is 0 Å². The van der Waals surface area contributed by atoms with Crippen LogP contribution in [0.5, 0.6) is 5.75 Å². The number of hydrogen-bond acceptors (Lipinski definition) is 4. The maximum Gasteiger partial charge on any atom is 0.308 e. The zero-order valence-electron chi connectivity index (χ0n) is 11.3. The van der Waals surface area contributed by atoms with Gasteiger partial charge in [-0.15, -0.1) is 0 Å². The largest absolute Gasteiger partial charge is 0.494 e. The zero-order valence-corrected chi connectivity index (χ0v) is 11.3. The highest BCUT2D eigenvalue weighted by Crippen LogP contribution is 2.39. The molecule has 0 spiro atoms. The zero-order chi connectivity index (χ0) is 14.1. The van der Waals surface area contributed by atoms with Crippen molar-refractivity contribution >= 4 is 22.5 Å². The highest BCUT2D eigenvalue weighted by molar-refractivity contribution is 5.97. The fourth-order valence-electron chi connectivity index (χ4n) is 2.36. The van der Waals surface area contributed by atoms with Gasteiger partial charge in [0.05, 0.1) is 12.7 Å². The first-order valence-electron chi connectivity index (χ1n) is 6.31. The molecule has 1 aliphatic heterocycles. The summed E-state index contributed by atoms with van der Waals surface area (Å²) >= 11 is 0. The van der Waals surface area contributed by atoms with Crippen molar-refractivity contribution in [3.05, 3.63) is 47.7 Å². The molecule has 0 saturated heterocycles. The van der Waals surface area contributed by atoms with E-state index in [4.69, 9.17) is 14.2 Å². The average molecular weight is 270 g/mol. The number of ether oxygens (including phenoxy) is 3. The third kappa shape index (κ3) is 1.99. The minimum absolute atomic E-state index is 0.254. The molecule has 1 aliphatic rings. The van der Waals surface area contributed by atoms with E-state index in [-0.39, 0.29) is 12.6 Å². The van der Waals surface area contributed by atoms with Gasteiger partial charge in [0.2, 0.25) is 0 Å². The van der Waals surface area contributed by atoms with Gasteiger partial charge in [0.1, 0.15) is 12.4 Å². The van der Waals surface area contributed by atoms with Crippen LogP contribution in [-0.4, -0.2) is 19.7 Å². The van der Waals surface area contributed by atoms with Gasteiger partial charge >= 0.3 is 5.97 Å². The summed E-state index contributed by atoms with van der Waals surface area (Å²) in [6, 6.07) is 11.7. The summed E-state index contributed by atoms with van der Waals surface area (Å²) in [5.41, 5.74) is 0.765. The molecule has 102 valence electrons. The number of esters is 1. The molecule has 0 unspecified atom stereocenters. The van der Waals surface area contributed by atoms with E-state index in [1.165, 1.54) is 14.0 Å². The molecule has 0 aromatic heterocycles. The molecule has 0 atom stereocenters. The fraction of sp³-hybridized carbons (Fsp3) is 0.188. The van der Waals surface area contributed by atoms with Crippen LogP contribution in [0.25, 0.3) is 16.5 Å². The molecule has 20 heavy (non-hydrogen) atoms. The van der Waals surface area contributed by atoms with Gasteiger partial charge in [0, 0.05) is 6.92 Å². The van der Waals surface area contributed by atoms with Crippen LogP contribution in [0.3, 0.4) is 0 Å². The molecule has 2 aromatic carbocycles. The van der Waals surface area contributed by atoms with Crippen molar-refractivity contribution in [2.45, 2.75) is 6.92 Å². The van der Waals surface area contributed by atoms with E-state index in [2.05, 4.69) is 0 Å². The van der Waals surface area contributed by atoms with Crippen molar-refractivity contribution < 1.29 is 19.0 Å². The van der Waals surface area contributed by atoms with Crippen LogP contribution in [0.2, 0.25) is 0 Å². The molecule has 0 amide bonds. The van der Waals surface area contributed by atoms with Crippen LogP contribution in [0, 0.1) is 0 Å². The summed E-state index contributed by atoms with van der Waals surface area (Å²) in [7, 11) is 1.54. The van der Waals surface area contributed by atoms with Gasteiger partial charge in [-0.05, 0) is 16.8 Å². The second-order valence-electron chi connectivity index (χ2n) is 4.50. The van der Waals surface area contributed by atoms with Crippen molar-refractivity contribution in [2.75, 3.05) is 13.7 Å². The van der Waals surface area contributed by atoms with Crippen molar-refractivity contribution in [1.29, 1.82) is 0 Å². The van der Waals surface area contributed by atoms with Crippen molar-refractivity contribution in [3.63, 3.8) is 0 Å². The van der Waals surface area contributed by atoms with Crippen molar-refractivity contribution in [1.82, 2.24) is 0 Å². The number of methoxy groups -OCH3 is 1. The van der Waals surface area contributed by atoms with E-state index in [1.54, 1.807) is 0 Å². The Morgan fingerprint density at radius 1 is 1.20 bits per heavy atom. The Morgan fingerprint density at radius 3 is 2.75 bits per heavy atom. The summed E-state index contributed by atoms with van der Waals surface area (Å²) in [5.74, 6) is 1.28. The summed E-state index contributed by atoms with van der Waals surface area (Å²) in [6.45, 7) is 1.63. The predicted octanol–water partition coefficient (Wildman–Crippen LogP) is 3.11. The van der Waals surface area contributed by atoms with Gasteiger partial charge in [0.15, 0.2) is 11.5 Å². The second kappa shape index (κ2) is 4.89. The normalized spacial score (nSPS) is 13.7. The monoisotopic (exact) mass is 270 g/mol. The first-order valence-corrected chi connectivity index (χ1v) is 6.31. The minimum Gasteiger partial charge on any atom is -0.494 e. The molecule has 4 heteroatoms. The van der Waals surface area contributed by atoms with E-state index >= 15 is 0 Å². The van der Waals surface area contributed by atoms with Crippen LogP contribution in [0.4, 0.5) is 0 Å². The van der Waals surface area contributed by atoms with Crippen LogP contribution in [0.15, 0.2) is 42.2 Å². The molecule has 0 radical (unpaired) electrons. The van der Waals surface area contributed by atoms with Crippen LogP contribution < -0.4 is 4.74 Å². The Balaban J connectivity index is 2.29. The van der Waals surface area contributed by atoms with Gasteiger partial charge in [-0.25, -0.2) is 0 Å². The third-order valence-electron chi connectivity index (χ3n) is 3.22. The van der Waals surface area contributed by atoms with Gasteiger partial charge in [-0.1, -0.05) is 30.3 Å². The van der Waals surface area contributed by atoms with Crippen LogP contribution in [0.1, 0.15) is 12.5 Å². The summed E-state index contributed by atoms with van der Waals surface area (Å²) < 4.78 is 16.3. The molecule has 0 aliphatic carbocycles. The molecule has 0 fully saturated rings. The van der Waals surface area contributed by atoms with Gasteiger partial charge < -0.3 is 14.2 Å². The Morgan fingerprint density at radius 2 is 2.00 bits per heavy atom. The highest BCUT2D eigenvalue weighted by atomic mass is 16.6. The number of rotatable bonds is 2. The first kappa shape index (κ1) is 12.5. The molecule has 3 rings (SSSR count). The lowest BCUT2D eigenvalue weighted by molar-refractivity contribution is -0.134. The van der Waals surface area contributed by atoms with E-state index in [1.807, 2.05) is 36.4 Å². The Bertz CT molecular complexity index is 715. The summed E-state index contributed by atoms with van der Waals surface area (Å²) in [4.78, 5) is 11.4. The van der Waals surface area contributed by atoms with Crippen LogP contribution in [-0.2, 0) is 14.3 Å². The van der Waals surface area contributed by atoms with Gasteiger partial charge in [-0.3, -0.25) is 4.79 Å². The van der Waals surface area contributed by atoms with E-state index in [0.29, 0.717) is 17.3 Å². The lowest BCUT2D eigenvalue weighted by Gasteiger charge is -2.23. The number of carbonyl (C=O) groups is 1. The van der Waals surface area contributed by atoms with Crippen molar-refractivity contribution in [2.24, 2.45) is 0 Å². The van der Waals surface area contributed by atoms with E-state index in [9.17, 15) is 4.79 Å². The number of fused-ring (bicyclic) bond motifs is 3. The van der Waals surface area contributed by atoms with Crippen molar-refractivity contribution in [3.8, 4) is 5.75 Å². The maximum absolute atomic E-state index is 11.4. The molecular formula is C16H14O4. The molecule has 0 N–H and O–H groups in total. The standard InChI is InChI=1S/C16H14O4/c1-10(17)20-16-14(18-2)9-19-13-8-7-11-5-3-4-6-12(11)15(13)16/h3-8H,9H2,1-2H3. The second-order valence-corrected chi connectivity index (χ2v) is 4.50. The first-order chi connectivity index (χ1) is 9.70. The number of benzene rings is 2. The molecule has 0 saturated carbocycles. The van der Waals surface area contributed by atoms with E-state index in [0.717, 1.165) is 16.3 Å². The number of hydrogen-bond donors (Lipinski definition) is 0. The topological polar surface area (TPSA) is 44.8 Å². The summed E-state index contributed by atoms with van der Waals surface area (Å²) in [6.07, 6.45) is 0. The van der Waals surface area contributed by atoms with E-state index < -0.39 is 0 Å². The quantitative estimate of drug-likeness (QED) is 0.786. The molecule has 0 bridgehead atoms. The Hall–Kier alpha value is -2.49. The summed E-state index contributed by atoms with van der Waals surface area (Å²) in [5, 5.41) is 2.02. The lowest BCUT2D eigenvalue weighted by atomic mass is 10.00. The lowest BCUT2D eigenvalue weighted by Crippen LogP contribution is -2.16. The minimum atomic E-state index is -0.379. The highest BCUT2D eigenvalue weighted by Gasteiger charge is 2.26. The smallest absolute Gasteiger partial charge is 0.308 e. The molecule has 2 aromatic rings. The molecule has 4 nitrogen and oxygen atoms in total. The van der Waals surface area contributed by atoms with Gasteiger partial charge in [-0.2, -0.15) is 0 Å². The van der Waals surface area contributed by atoms with Gasteiger partial charge in [0.25, 0.3) is 0 Å². The fourth-order valence-corrected chi connectivity index (χ4v) is 2.36. The average Bonchev–Trinajstić information content (AvgIpc) is 2.46. The Kier molecular flexibility index (Phi) is 3.06. The maximum atomic E-state index is 11.4. The predicted molar refractivity (Wildman–Crippen MR) is 75.1 cm³/mol. The Labute approximate surface area is 116 Å². The molecular weight excluding hydrogens is 256 g/mol. The SMILES string of the molecule is COC1=C(OC(C)=O)c2c(ccc3ccccc23)OC1. The molecule has 1 heterocycles. The number of carbonyl (C=O) groups excluding carboxylic acids is 1. The third-order valence-corrected chi connectivity index (χ3v) is 3.22.